The van der Waals surface area contributed by atoms with Gasteiger partial charge in [0.2, 0.25) is 11.8 Å². The average Bonchev–Trinajstić information content (AvgIpc) is 2.29. The number of rotatable bonds is 5. The van der Waals surface area contributed by atoms with Gasteiger partial charge < -0.3 is 16.0 Å². The fourth-order valence-electron chi connectivity index (χ4n) is 1.35. The van der Waals surface area contributed by atoms with Crippen molar-refractivity contribution < 1.29 is 9.59 Å². The van der Waals surface area contributed by atoms with Crippen LogP contribution in [0.5, 0.6) is 0 Å². The summed E-state index contributed by atoms with van der Waals surface area (Å²) in [5.41, 5.74) is 1.13. The Morgan fingerprint density at radius 3 is 2.56 bits per heavy atom. The molecule has 0 radical (unpaired) electrons. The van der Waals surface area contributed by atoms with E-state index in [1.807, 2.05) is 0 Å². The van der Waals surface area contributed by atoms with Gasteiger partial charge in [-0.15, -0.1) is 0 Å². The highest BCUT2D eigenvalue weighted by Gasteiger charge is 2.06. The number of hydrogen-bond donors (Lipinski definition) is 3. The van der Waals surface area contributed by atoms with Crippen molar-refractivity contribution in [2.45, 2.75) is 13.3 Å². The number of benzene rings is 1. The largest absolute Gasteiger partial charge is 0.326 e. The molecule has 1 aromatic rings. The van der Waals surface area contributed by atoms with Gasteiger partial charge in [0.05, 0.1) is 10.7 Å². The number of halogens is 1. The van der Waals surface area contributed by atoms with E-state index in [1.54, 1.807) is 25.2 Å². The van der Waals surface area contributed by atoms with Gasteiger partial charge >= 0.3 is 0 Å². The van der Waals surface area contributed by atoms with Gasteiger partial charge in [-0.3, -0.25) is 9.59 Å². The highest BCUT2D eigenvalue weighted by atomic mass is 35.5. The second-order valence-electron chi connectivity index (χ2n) is 3.78. The molecule has 6 heteroatoms. The van der Waals surface area contributed by atoms with E-state index in [1.165, 1.54) is 6.92 Å². The Bertz CT molecular complexity index is 449. The molecule has 1 aromatic carbocycles. The summed E-state index contributed by atoms with van der Waals surface area (Å²) in [6.07, 6.45) is 0.390. The van der Waals surface area contributed by atoms with E-state index in [9.17, 15) is 9.59 Å². The third kappa shape index (κ3) is 4.73. The van der Waals surface area contributed by atoms with Crippen LogP contribution in [0.3, 0.4) is 0 Å². The SMILES string of the molecule is CNCCC(=O)Nc1ccc(NC(C)=O)c(Cl)c1. The minimum Gasteiger partial charge on any atom is -0.326 e. The van der Waals surface area contributed by atoms with Gasteiger partial charge in [0.15, 0.2) is 0 Å². The summed E-state index contributed by atoms with van der Waals surface area (Å²) in [4.78, 5) is 22.4. The van der Waals surface area contributed by atoms with Crippen molar-refractivity contribution >= 4 is 34.8 Å². The van der Waals surface area contributed by atoms with E-state index in [-0.39, 0.29) is 11.8 Å². The molecule has 0 atom stereocenters. The van der Waals surface area contributed by atoms with Crippen molar-refractivity contribution in [3.63, 3.8) is 0 Å². The lowest BCUT2D eigenvalue weighted by atomic mass is 10.2. The summed E-state index contributed by atoms with van der Waals surface area (Å²) in [6, 6.07) is 4.94. The van der Waals surface area contributed by atoms with Gasteiger partial charge in [-0.05, 0) is 25.2 Å². The van der Waals surface area contributed by atoms with Crippen LogP contribution in [0.25, 0.3) is 0 Å². The Hall–Kier alpha value is -1.59. The second kappa shape index (κ2) is 6.98. The number of carbonyl (C=O) groups excluding carboxylic acids is 2. The number of amides is 2. The zero-order valence-corrected chi connectivity index (χ0v) is 11.1. The highest BCUT2D eigenvalue weighted by Crippen LogP contribution is 2.25. The van der Waals surface area contributed by atoms with E-state index in [0.717, 1.165) is 0 Å². The maximum Gasteiger partial charge on any atom is 0.225 e. The molecule has 0 heterocycles. The molecule has 0 aliphatic rings. The molecule has 0 fully saturated rings. The number of carbonyl (C=O) groups is 2. The Balaban J connectivity index is 2.66. The molecular weight excluding hydrogens is 254 g/mol. The standard InChI is InChI=1S/C12H16ClN3O2/c1-8(17)15-11-4-3-9(7-10(11)13)16-12(18)5-6-14-2/h3-4,7,14H,5-6H2,1-2H3,(H,15,17)(H,16,18). The summed E-state index contributed by atoms with van der Waals surface area (Å²) in [7, 11) is 1.78. The summed E-state index contributed by atoms with van der Waals surface area (Å²) < 4.78 is 0. The lowest BCUT2D eigenvalue weighted by Gasteiger charge is -2.09. The van der Waals surface area contributed by atoms with E-state index < -0.39 is 0 Å². The maximum absolute atomic E-state index is 11.5. The van der Waals surface area contributed by atoms with E-state index >= 15 is 0 Å². The fourth-order valence-corrected chi connectivity index (χ4v) is 1.57. The molecule has 3 N–H and O–H groups in total. The van der Waals surface area contributed by atoms with Crippen LogP contribution < -0.4 is 16.0 Å². The molecular formula is C12H16ClN3O2. The molecule has 2 amide bonds. The van der Waals surface area contributed by atoms with E-state index in [0.29, 0.717) is 29.4 Å². The molecule has 0 spiro atoms. The van der Waals surface area contributed by atoms with Crippen LogP contribution in [-0.4, -0.2) is 25.4 Å². The molecule has 18 heavy (non-hydrogen) atoms. The smallest absolute Gasteiger partial charge is 0.225 e. The summed E-state index contributed by atoms with van der Waals surface area (Å²) in [5, 5.41) is 8.59. The van der Waals surface area contributed by atoms with Gasteiger partial charge in [0.25, 0.3) is 0 Å². The van der Waals surface area contributed by atoms with Gasteiger partial charge in [0, 0.05) is 25.6 Å². The Morgan fingerprint density at radius 2 is 2.00 bits per heavy atom. The first-order valence-corrected chi connectivity index (χ1v) is 5.92. The molecule has 0 saturated carbocycles. The quantitative estimate of drug-likeness (QED) is 0.764. The average molecular weight is 270 g/mol. The van der Waals surface area contributed by atoms with Crippen LogP contribution in [-0.2, 0) is 9.59 Å². The van der Waals surface area contributed by atoms with Crippen molar-refractivity contribution in [3.8, 4) is 0 Å². The van der Waals surface area contributed by atoms with Crippen molar-refractivity contribution in [1.29, 1.82) is 0 Å². The first kappa shape index (κ1) is 14.5. The van der Waals surface area contributed by atoms with Crippen molar-refractivity contribution in [3.05, 3.63) is 23.2 Å². The number of nitrogens with one attached hydrogen (secondary N) is 3. The molecule has 98 valence electrons. The lowest BCUT2D eigenvalue weighted by molar-refractivity contribution is -0.116. The van der Waals surface area contributed by atoms with Crippen LogP contribution in [0.2, 0.25) is 5.02 Å². The first-order chi connectivity index (χ1) is 8.52. The van der Waals surface area contributed by atoms with Crippen molar-refractivity contribution in [2.24, 2.45) is 0 Å². The monoisotopic (exact) mass is 269 g/mol. The van der Waals surface area contributed by atoms with Gasteiger partial charge in [-0.1, -0.05) is 11.6 Å². The minimum atomic E-state index is -0.192. The predicted molar refractivity (Wildman–Crippen MR) is 72.9 cm³/mol. The maximum atomic E-state index is 11.5. The van der Waals surface area contributed by atoms with E-state index in [4.69, 9.17) is 11.6 Å². The summed E-state index contributed by atoms with van der Waals surface area (Å²) >= 11 is 5.98. The molecule has 5 nitrogen and oxygen atoms in total. The molecule has 0 aliphatic carbocycles. The van der Waals surface area contributed by atoms with Crippen molar-refractivity contribution in [1.82, 2.24) is 5.32 Å². The van der Waals surface area contributed by atoms with Crippen LogP contribution >= 0.6 is 11.6 Å². The van der Waals surface area contributed by atoms with Crippen LogP contribution in [0.15, 0.2) is 18.2 Å². The third-order valence-corrected chi connectivity index (χ3v) is 2.48. The molecule has 0 aromatic heterocycles. The Kier molecular flexibility index (Phi) is 5.61. The molecule has 1 rings (SSSR count). The highest BCUT2D eigenvalue weighted by molar-refractivity contribution is 6.34. The van der Waals surface area contributed by atoms with Crippen LogP contribution in [0.4, 0.5) is 11.4 Å². The molecule has 0 saturated heterocycles. The molecule has 0 aliphatic heterocycles. The first-order valence-electron chi connectivity index (χ1n) is 5.54. The zero-order chi connectivity index (χ0) is 13.5. The topological polar surface area (TPSA) is 70.2 Å². The minimum absolute atomic E-state index is 0.0901. The zero-order valence-electron chi connectivity index (χ0n) is 10.3. The lowest BCUT2D eigenvalue weighted by Crippen LogP contribution is -2.18. The Morgan fingerprint density at radius 1 is 1.28 bits per heavy atom. The third-order valence-electron chi connectivity index (χ3n) is 2.17. The summed E-state index contributed by atoms with van der Waals surface area (Å²) in [5.74, 6) is -0.282. The fraction of sp³-hybridized carbons (Fsp3) is 0.333. The van der Waals surface area contributed by atoms with Crippen molar-refractivity contribution in [2.75, 3.05) is 24.2 Å². The van der Waals surface area contributed by atoms with Gasteiger partial charge in [-0.2, -0.15) is 0 Å². The van der Waals surface area contributed by atoms with Crippen LogP contribution in [0, 0.1) is 0 Å². The molecule has 0 bridgehead atoms. The van der Waals surface area contributed by atoms with Crippen LogP contribution in [0.1, 0.15) is 13.3 Å². The van der Waals surface area contributed by atoms with Gasteiger partial charge in [0.1, 0.15) is 0 Å². The van der Waals surface area contributed by atoms with E-state index in [2.05, 4.69) is 16.0 Å². The van der Waals surface area contributed by atoms with Gasteiger partial charge in [-0.25, -0.2) is 0 Å². The Labute approximate surface area is 111 Å². The number of hydrogen-bond acceptors (Lipinski definition) is 3. The predicted octanol–water partition coefficient (Wildman–Crippen LogP) is 1.85. The normalized spacial score (nSPS) is 9.94. The molecule has 0 unspecified atom stereocenters. The second-order valence-corrected chi connectivity index (χ2v) is 4.18. The summed E-state index contributed by atoms with van der Waals surface area (Å²) in [6.45, 7) is 2.02. The number of anilines is 2.